The molecule has 1 unspecified atom stereocenters. The number of amides is 2. The van der Waals surface area contributed by atoms with Crippen molar-refractivity contribution >= 4 is 29.0 Å². The Morgan fingerprint density at radius 3 is 2.67 bits per heavy atom. The maximum absolute atomic E-state index is 12.8. The van der Waals surface area contributed by atoms with Crippen molar-refractivity contribution in [2.75, 3.05) is 23.9 Å². The first kappa shape index (κ1) is 18.4. The van der Waals surface area contributed by atoms with Crippen LogP contribution in [0.25, 0.3) is 0 Å². The first-order chi connectivity index (χ1) is 12.9. The number of hydrogen-bond donors (Lipinski definition) is 1. The monoisotopic (exact) mass is 368 g/mol. The van der Waals surface area contributed by atoms with Gasteiger partial charge in [-0.15, -0.1) is 0 Å². The highest BCUT2D eigenvalue weighted by Gasteiger charge is 2.33. The van der Waals surface area contributed by atoms with E-state index in [1.54, 1.807) is 49.4 Å². The first-order valence-electron chi connectivity index (χ1n) is 8.46. The zero-order valence-electron chi connectivity index (χ0n) is 15.3. The molecule has 0 spiro atoms. The molecular weight excluding hydrogens is 348 g/mol. The minimum atomic E-state index is -0.813. The fourth-order valence-electron chi connectivity index (χ4n) is 2.92. The molecule has 7 nitrogen and oxygen atoms in total. The number of rotatable bonds is 5. The molecule has 0 saturated heterocycles. The second-order valence-electron chi connectivity index (χ2n) is 6.16. The van der Waals surface area contributed by atoms with Gasteiger partial charge in [0.25, 0.3) is 5.91 Å². The summed E-state index contributed by atoms with van der Waals surface area (Å²) in [6.07, 6.45) is 0. The van der Waals surface area contributed by atoms with Gasteiger partial charge in [0.15, 0.2) is 12.4 Å². The van der Waals surface area contributed by atoms with Crippen molar-refractivity contribution in [1.29, 1.82) is 0 Å². The Kier molecular flexibility index (Phi) is 5.12. The van der Waals surface area contributed by atoms with Gasteiger partial charge in [-0.25, -0.2) is 0 Å². The molecule has 140 valence electrons. The molecule has 1 atom stereocenters. The third-order valence-corrected chi connectivity index (χ3v) is 4.38. The number of nitrogens with one attached hydrogen (secondary N) is 1. The van der Waals surface area contributed by atoms with E-state index < -0.39 is 6.04 Å². The van der Waals surface area contributed by atoms with Gasteiger partial charge in [0, 0.05) is 5.56 Å². The zero-order valence-corrected chi connectivity index (χ0v) is 15.3. The molecule has 2 amide bonds. The van der Waals surface area contributed by atoms with Crippen LogP contribution >= 0.6 is 0 Å². The quantitative estimate of drug-likeness (QED) is 0.820. The van der Waals surface area contributed by atoms with Gasteiger partial charge in [-0.1, -0.05) is 12.1 Å². The molecule has 1 N–H and O–H groups in total. The highest BCUT2D eigenvalue weighted by Crippen LogP contribution is 2.35. The summed E-state index contributed by atoms with van der Waals surface area (Å²) < 4.78 is 10.7. The number of hydrogen-bond acceptors (Lipinski definition) is 5. The van der Waals surface area contributed by atoms with E-state index >= 15 is 0 Å². The van der Waals surface area contributed by atoms with Gasteiger partial charge >= 0.3 is 0 Å². The van der Waals surface area contributed by atoms with Crippen molar-refractivity contribution in [3.8, 4) is 11.5 Å². The fraction of sp³-hybridized carbons (Fsp3) is 0.250. The first-order valence-corrected chi connectivity index (χ1v) is 8.46. The molecule has 2 aromatic rings. The minimum absolute atomic E-state index is 0.137. The lowest BCUT2D eigenvalue weighted by Crippen LogP contribution is -2.49. The van der Waals surface area contributed by atoms with Crippen molar-refractivity contribution in [1.82, 2.24) is 0 Å². The van der Waals surface area contributed by atoms with E-state index in [0.29, 0.717) is 28.4 Å². The average Bonchev–Trinajstić information content (AvgIpc) is 2.67. The summed E-state index contributed by atoms with van der Waals surface area (Å²) in [6.45, 7) is 2.90. The summed E-state index contributed by atoms with van der Waals surface area (Å²) in [5.74, 6) is 0.101. The number of carbonyl (C=O) groups is 3. The second kappa shape index (κ2) is 7.49. The van der Waals surface area contributed by atoms with Crippen LogP contribution in [0.2, 0.25) is 0 Å². The molecule has 27 heavy (non-hydrogen) atoms. The van der Waals surface area contributed by atoms with E-state index in [1.807, 2.05) is 0 Å². The van der Waals surface area contributed by atoms with Gasteiger partial charge in [-0.3, -0.25) is 19.3 Å². The predicted octanol–water partition coefficient (Wildman–Crippen LogP) is 2.65. The van der Waals surface area contributed by atoms with E-state index in [2.05, 4.69) is 5.32 Å². The van der Waals surface area contributed by atoms with Crippen molar-refractivity contribution < 1.29 is 23.9 Å². The van der Waals surface area contributed by atoms with Gasteiger partial charge in [-0.2, -0.15) is 0 Å². The molecule has 1 aliphatic heterocycles. The number of fused-ring (bicyclic) bond motifs is 1. The highest BCUT2D eigenvalue weighted by molar-refractivity contribution is 6.08. The smallest absolute Gasteiger partial charge is 0.265 e. The van der Waals surface area contributed by atoms with Crippen molar-refractivity contribution in [2.45, 2.75) is 19.9 Å². The number of ether oxygens (including phenoxy) is 2. The van der Waals surface area contributed by atoms with Crippen LogP contribution in [0.15, 0.2) is 42.5 Å². The molecule has 0 aliphatic carbocycles. The molecule has 0 fully saturated rings. The van der Waals surface area contributed by atoms with Gasteiger partial charge in [-0.05, 0) is 44.2 Å². The van der Waals surface area contributed by atoms with E-state index in [9.17, 15) is 14.4 Å². The van der Waals surface area contributed by atoms with Crippen molar-refractivity contribution in [2.24, 2.45) is 0 Å². The molecule has 1 aliphatic rings. The Balaban J connectivity index is 1.91. The van der Waals surface area contributed by atoms with Gasteiger partial charge in [0.1, 0.15) is 17.5 Å². The number of ketones is 1. The maximum atomic E-state index is 12.8. The number of benzene rings is 2. The summed E-state index contributed by atoms with van der Waals surface area (Å²) in [7, 11) is 1.51. The minimum Gasteiger partial charge on any atom is -0.495 e. The van der Waals surface area contributed by atoms with Gasteiger partial charge in [0.05, 0.1) is 18.5 Å². The normalized spacial score (nSPS) is 14.0. The summed E-state index contributed by atoms with van der Waals surface area (Å²) in [5.41, 5.74) is 1.35. The molecule has 7 heteroatoms. The summed E-state index contributed by atoms with van der Waals surface area (Å²) in [5, 5.41) is 2.78. The summed E-state index contributed by atoms with van der Waals surface area (Å²) >= 11 is 0. The average molecular weight is 368 g/mol. The summed E-state index contributed by atoms with van der Waals surface area (Å²) in [6, 6.07) is 11.0. The molecule has 0 aromatic heterocycles. The van der Waals surface area contributed by atoms with E-state index in [1.165, 1.54) is 18.9 Å². The number of carbonyl (C=O) groups excluding carboxylic acids is 3. The number of nitrogens with zero attached hydrogens (tertiary/aromatic N) is 1. The third kappa shape index (κ3) is 3.62. The molecule has 0 saturated carbocycles. The largest absolute Gasteiger partial charge is 0.495 e. The molecule has 1 heterocycles. The lowest BCUT2D eigenvalue weighted by atomic mass is 10.1. The molecule has 0 radical (unpaired) electrons. The van der Waals surface area contributed by atoms with Crippen LogP contribution in [0.3, 0.4) is 0 Å². The van der Waals surface area contributed by atoms with Crippen molar-refractivity contribution in [3.05, 3.63) is 48.0 Å². The van der Waals surface area contributed by atoms with E-state index in [4.69, 9.17) is 9.47 Å². The number of anilines is 2. The Morgan fingerprint density at radius 1 is 1.22 bits per heavy atom. The standard InChI is InChI=1S/C20H20N2O5/c1-12(20(25)21-15-6-4-5-7-17(15)26-3)22-16-10-14(13(2)23)8-9-18(16)27-11-19(22)24/h4-10,12H,11H2,1-3H3,(H,21,25). The summed E-state index contributed by atoms with van der Waals surface area (Å²) in [4.78, 5) is 38.3. The SMILES string of the molecule is COc1ccccc1NC(=O)C(C)N1C(=O)COc2ccc(C(C)=O)cc21. The van der Waals surface area contributed by atoms with Crippen LogP contribution in [-0.4, -0.2) is 37.4 Å². The number of Topliss-reactive ketones (excluding diaryl/α,β-unsaturated/α-hetero) is 1. The molecule has 3 rings (SSSR count). The van der Waals surface area contributed by atoms with Crippen LogP contribution in [0.1, 0.15) is 24.2 Å². The van der Waals surface area contributed by atoms with Gasteiger partial charge < -0.3 is 14.8 Å². The second-order valence-corrected chi connectivity index (χ2v) is 6.16. The van der Waals surface area contributed by atoms with Gasteiger partial charge in [0.2, 0.25) is 5.91 Å². The topological polar surface area (TPSA) is 84.9 Å². The number of methoxy groups -OCH3 is 1. The van der Waals surface area contributed by atoms with Crippen LogP contribution in [0.5, 0.6) is 11.5 Å². The van der Waals surface area contributed by atoms with Crippen LogP contribution in [0, 0.1) is 0 Å². The van der Waals surface area contributed by atoms with Crippen LogP contribution in [-0.2, 0) is 9.59 Å². The Hall–Kier alpha value is -3.35. The Bertz CT molecular complexity index is 909. The number of para-hydroxylation sites is 2. The third-order valence-electron chi connectivity index (χ3n) is 4.38. The Morgan fingerprint density at radius 2 is 1.96 bits per heavy atom. The molecule has 2 aromatic carbocycles. The zero-order chi connectivity index (χ0) is 19.6. The molecular formula is C20H20N2O5. The van der Waals surface area contributed by atoms with E-state index in [0.717, 1.165) is 0 Å². The van der Waals surface area contributed by atoms with Crippen molar-refractivity contribution in [3.63, 3.8) is 0 Å². The van der Waals surface area contributed by atoms with Crippen LogP contribution in [0.4, 0.5) is 11.4 Å². The molecule has 0 bridgehead atoms. The lowest BCUT2D eigenvalue weighted by Gasteiger charge is -2.33. The highest BCUT2D eigenvalue weighted by atomic mass is 16.5. The lowest BCUT2D eigenvalue weighted by molar-refractivity contribution is -0.125. The maximum Gasteiger partial charge on any atom is 0.265 e. The Labute approximate surface area is 156 Å². The van der Waals surface area contributed by atoms with E-state index in [-0.39, 0.29) is 24.2 Å². The fourth-order valence-corrected chi connectivity index (χ4v) is 2.92. The van der Waals surface area contributed by atoms with Crippen LogP contribution < -0.4 is 19.7 Å². The predicted molar refractivity (Wildman–Crippen MR) is 101 cm³/mol.